The molecular weight excluding hydrogens is 404 g/mol. The second kappa shape index (κ2) is 8.88. The number of carbonyl (C=O) groups is 2. The number of hydrogen-bond acceptors (Lipinski definition) is 5. The molecule has 2 fully saturated rings. The first-order valence-corrected chi connectivity index (χ1v) is 11.4. The highest BCUT2D eigenvalue weighted by Crippen LogP contribution is 2.34. The van der Waals surface area contributed by atoms with Crippen LogP contribution in [0.25, 0.3) is 11.3 Å². The summed E-state index contributed by atoms with van der Waals surface area (Å²) in [6, 6.07) is 8.16. The largest absolute Gasteiger partial charge is 0.444 e. The molecule has 170 valence electrons. The normalized spacial score (nSPS) is 17.2. The second-order valence-electron chi connectivity index (χ2n) is 9.77. The molecule has 0 bridgehead atoms. The number of amides is 2. The van der Waals surface area contributed by atoms with Gasteiger partial charge in [0.2, 0.25) is 0 Å². The molecule has 1 saturated heterocycles. The first-order chi connectivity index (χ1) is 15.2. The van der Waals surface area contributed by atoms with E-state index in [9.17, 15) is 9.59 Å². The molecule has 2 amide bonds. The van der Waals surface area contributed by atoms with Crippen molar-refractivity contribution in [1.82, 2.24) is 19.8 Å². The third-order valence-corrected chi connectivity index (χ3v) is 5.98. The summed E-state index contributed by atoms with van der Waals surface area (Å²) < 4.78 is 5.50. The van der Waals surface area contributed by atoms with Crippen LogP contribution in [0.1, 0.15) is 62.4 Å². The molecule has 1 aromatic heterocycles. The van der Waals surface area contributed by atoms with Crippen molar-refractivity contribution in [3.8, 4) is 11.3 Å². The molecule has 7 nitrogen and oxygen atoms in total. The molecule has 7 heteroatoms. The lowest BCUT2D eigenvalue weighted by Gasteiger charge is -2.39. The number of carbonyl (C=O) groups excluding carboxylic acids is 2. The number of rotatable bonds is 4. The zero-order valence-electron chi connectivity index (χ0n) is 19.4. The van der Waals surface area contributed by atoms with Crippen molar-refractivity contribution >= 4 is 12.0 Å². The van der Waals surface area contributed by atoms with Gasteiger partial charge in [-0.1, -0.05) is 12.1 Å². The van der Waals surface area contributed by atoms with Crippen molar-refractivity contribution in [1.29, 1.82) is 0 Å². The van der Waals surface area contributed by atoms with Gasteiger partial charge in [-0.05, 0) is 71.1 Å². The summed E-state index contributed by atoms with van der Waals surface area (Å²) in [5.41, 5.74) is 3.06. The lowest BCUT2D eigenvalue weighted by Crippen LogP contribution is -2.50. The van der Waals surface area contributed by atoms with E-state index in [2.05, 4.69) is 14.9 Å². The van der Waals surface area contributed by atoms with Crippen molar-refractivity contribution in [3.05, 3.63) is 47.9 Å². The van der Waals surface area contributed by atoms with E-state index in [-0.39, 0.29) is 18.0 Å². The topological polar surface area (TPSA) is 75.6 Å². The molecular formula is C25H32N4O3. The van der Waals surface area contributed by atoms with E-state index >= 15 is 0 Å². The summed E-state index contributed by atoms with van der Waals surface area (Å²) in [5.74, 6) is 0.0779. The van der Waals surface area contributed by atoms with Crippen molar-refractivity contribution in [2.45, 2.75) is 71.1 Å². The number of nitrogens with zero attached hydrogens (tertiary/aromatic N) is 4. The maximum absolute atomic E-state index is 13.4. The highest BCUT2D eigenvalue weighted by atomic mass is 16.6. The van der Waals surface area contributed by atoms with Gasteiger partial charge >= 0.3 is 6.09 Å². The zero-order valence-corrected chi connectivity index (χ0v) is 19.4. The van der Waals surface area contributed by atoms with Gasteiger partial charge in [-0.3, -0.25) is 4.79 Å². The van der Waals surface area contributed by atoms with Crippen LogP contribution in [0.3, 0.4) is 0 Å². The molecule has 0 N–H and O–H groups in total. The summed E-state index contributed by atoms with van der Waals surface area (Å²) in [4.78, 5) is 38.1. The van der Waals surface area contributed by atoms with Crippen LogP contribution in [0.15, 0.2) is 36.8 Å². The lowest BCUT2D eigenvalue weighted by molar-refractivity contribution is 0.0142. The van der Waals surface area contributed by atoms with Gasteiger partial charge in [0.1, 0.15) is 11.9 Å². The molecule has 4 rings (SSSR count). The van der Waals surface area contributed by atoms with E-state index in [0.29, 0.717) is 24.7 Å². The second-order valence-corrected chi connectivity index (χ2v) is 9.77. The standard InChI is InChI=1S/C25H32N4O3/c1-17-15-26-16-27-22(17)18-5-7-19(8-6-18)23(30)29(20-9-10-20)21-11-13-28(14-12-21)24(31)32-25(2,3)4/h5-8,15-16,20-21H,9-14H2,1-4H3. The van der Waals surface area contributed by atoms with Crippen molar-refractivity contribution in [3.63, 3.8) is 0 Å². The molecule has 1 aliphatic carbocycles. The summed E-state index contributed by atoms with van der Waals surface area (Å²) in [6.45, 7) is 8.84. The molecule has 0 atom stereocenters. The van der Waals surface area contributed by atoms with E-state index in [4.69, 9.17) is 4.74 Å². The Morgan fingerprint density at radius 1 is 1.03 bits per heavy atom. The Morgan fingerprint density at radius 3 is 2.22 bits per heavy atom. The van der Waals surface area contributed by atoms with Crippen LogP contribution in [0.2, 0.25) is 0 Å². The SMILES string of the molecule is Cc1cncnc1-c1ccc(C(=O)N(C2CC2)C2CCN(C(=O)OC(C)(C)C)CC2)cc1. The lowest BCUT2D eigenvalue weighted by atomic mass is 10.0. The van der Waals surface area contributed by atoms with Gasteiger partial charge in [-0.15, -0.1) is 0 Å². The van der Waals surface area contributed by atoms with E-state index < -0.39 is 5.60 Å². The fraction of sp³-hybridized carbons (Fsp3) is 0.520. The van der Waals surface area contributed by atoms with Crippen LogP contribution in [-0.2, 0) is 4.74 Å². The summed E-state index contributed by atoms with van der Waals surface area (Å²) >= 11 is 0. The molecule has 2 aliphatic rings. The van der Waals surface area contributed by atoms with Gasteiger partial charge in [0.05, 0.1) is 5.69 Å². The minimum atomic E-state index is -0.500. The number of benzene rings is 1. The molecule has 0 spiro atoms. The van der Waals surface area contributed by atoms with Gasteiger partial charge in [0.15, 0.2) is 0 Å². The Kier molecular flexibility index (Phi) is 6.17. The predicted octanol–water partition coefficient (Wildman–Crippen LogP) is 4.46. The molecule has 1 aromatic carbocycles. The molecule has 0 radical (unpaired) electrons. The number of aryl methyl sites for hydroxylation is 1. The van der Waals surface area contributed by atoms with Crippen LogP contribution in [0.5, 0.6) is 0 Å². The van der Waals surface area contributed by atoms with Crippen LogP contribution in [0, 0.1) is 6.92 Å². The van der Waals surface area contributed by atoms with Crippen molar-refractivity contribution < 1.29 is 14.3 Å². The molecule has 2 heterocycles. The van der Waals surface area contributed by atoms with Crippen LogP contribution >= 0.6 is 0 Å². The van der Waals surface area contributed by atoms with Gasteiger partial charge in [-0.2, -0.15) is 0 Å². The third-order valence-electron chi connectivity index (χ3n) is 5.98. The van der Waals surface area contributed by atoms with Gasteiger partial charge in [0, 0.05) is 42.5 Å². The van der Waals surface area contributed by atoms with Crippen LogP contribution < -0.4 is 0 Å². The number of hydrogen-bond donors (Lipinski definition) is 0. The van der Waals surface area contributed by atoms with Gasteiger partial charge in [0.25, 0.3) is 5.91 Å². The quantitative estimate of drug-likeness (QED) is 0.707. The molecule has 1 aliphatic heterocycles. The number of piperidine rings is 1. The van der Waals surface area contributed by atoms with E-state index in [1.165, 1.54) is 0 Å². The average molecular weight is 437 g/mol. The number of aromatic nitrogens is 2. The smallest absolute Gasteiger partial charge is 0.410 e. The zero-order chi connectivity index (χ0) is 22.9. The van der Waals surface area contributed by atoms with E-state index in [0.717, 1.165) is 42.5 Å². The maximum atomic E-state index is 13.4. The fourth-order valence-electron chi connectivity index (χ4n) is 4.26. The maximum Gasteiger partial charge on any atom is 0.410 e. The Bertz CT molecular complexity index is 971. The Balaban J connectivity index is 1.43. The van der Waals surface area contributed by atoms with Gasteiger partial charge < -0.3 is 14.5 Å². The first-order valence-electron chi connectivity index (χ1n) is 11.4. The van der Waals surface area contributed by atoms with E-state index in [1.54, 1.807) is 17.4 Å². The first kappa shape index (κ1) is 22.2. The Morgan fingerprint density at radius 2 is 1.66 bits per heavy atom. The highest BCUT2D eigenvalue weighted by molar-refractivity contribution is 5.95. The average Bonchev–Trinajstić information content (AvgIpc) is 3.59. The van der Waals surface area contributed by atoms with Gasteiger partial charge in [-0.25, -0.2) is 14.8 Å². The fourth-order valence-corrected chi connectivity index (χ4v) is 4.26. The molecule has 2 aromatic rings. The molecule has 0 unspecified atom stereocenters. The summed E-state index contributed by atoms with van der Waals surface area (Å²) in [5, 5.41) is 0. The van der Waals surface area contributed by atoms with Crippen LogP contribution in [-0.4, -0.2) is 62.5 Å². The summed E-state index contributed by atoms with van der Waals surface area (Å²) in [6.07, 6.45) is 6.72. The number of likely N-dealkylation sites (tertiary alicyclic amines) is 1. The van der Waals surface area contributed by atoms with E-state index in [1.807, 2.05) is 52.0 Å². The monoisotopic (exact) mass is 436 g/mol. The molecule has 1 saturated carbocycles. The minimum absolute atomic E-state index is 0.0779. The third kappa shape index (κ3) is 5.09. The van der Waals surface area contributed by atoms with Crippen molar-refractivity contribution in [2.75, 3.05) is 13.1 Å². The Hall–Kier alpha value is -2.96. The highest BCUT2D eigenvalue weighted by Gasteiger charge is 2.39. The summed E-state index contributed by atoms with van der Waals surface area (Å²) in [7, 11) is 0. The Labute approximate surface area is 189 Å². The van der Waals surface area contributed by atoms with Crippen LogP contribution in [0.4, 0.5) is 4.79 Å². The van der Waals surface area contributed by atoms with Crippen molar-refractivity contribution in [2.24, 2.45) is 0 Å². The predicted molar refractivity (Wildman–Crippen MR) is 122 cm³/mol. The molecule has 32 heavy (non-hydrogen) atoms. The number of ether oxygens (including phenoxy) is 1. The minimum Gasteiger partial charge on any atom is -0.444 e.